The van der Waals surface area contributed by atoms with E-state index in [0.29, 0.717) is 17.8 Å². The molecule has 0 bridgehead atoms. The predicted molar refractivity (Wildman–Crippen MR) is 128 cm³/mol. The standard InChI is InChI=1S/C26H27FN4O2/c27-21-10-8-20(9-11-21)17-28-25(32)23-16-22(12-13-24(23)31-14-4-5-15-31)30-26(33)29-18-19-6-2-1-3-7-19/h1-3,6-13,16H,4-5,14-15,17-18H2,(H,28,32)(H2,29,30,33). The van der Waals surface area contributed by atoms with Gasteiger partial charge >= 0.3 is 6.03 Å². The Kier molecular flexibility index (Phi) is 7.19. The highest BCUT2D eigenvalue weighted by atomic mass is 19.1. The molecule has 1 aliphatic heterocycles. The fraction of sp³-hybridized carbons (Fsp3) is 0.231. The third-order valence-corrected chi connectivity index (χ3v) is 5.61. The van der Waals surface area contributed by atoms with Gasteiger partial charge in [0, 0.05) is 37.6 Å². The van der Waals surface area contributed by atoms with Crippen LogP contribution < -0.4 is 20.9 Å². The Morgan fingerprint density at radius 2 is 1.48 bits per heavy atom. The first kappa shape index (κ1) is 22.3. The van der Waals surface area contributed by atoms with Crippen molar-refractivity contribution in [2.45, 2.75) is 25.9 Å². The molecule has 7 heteroatoms. The number of nitrogens with one attached hydrogen (secondary N) is 3. The van der Waals surface area contributed by atoms with Gasteiger partial charge in [-0.05, 0) is 54.3 Å². The van der Waals surface area contributed by atoms with Crippen molar-refractivity contribution in [3.63, 3.8) is 0 Å². The minimum atomic E-state index is -0.342. The fourth-order valence-corrected chi connectivity index (χ4v) is 3.86. The van der Waals surface area contributed by atoms with Crippen molar-refractivity contribution in [1.82, 2.24) is 10.6 Å². The lowest BCUT2D eigenvalue weighted by Gasteiger charge is -2.22. The summed E-state index contributed by atoms with van der Waals surface area (Å²) in [6, 6.07) is 20.7. The molecule has 4 rings (SSSR count). The molecule has 0 aliphatic carbocycles. The van der Waals surface area contributed by atoms with E-state index in [2.05, 4.69) is 20.9 Å². The zero-order chi connectivity index (χ0) is 23.0. The van der Waals surface area contributed by atoms with Crippen LogP contribution in [0.5, 0.6) is 0 Å². The van der Waals surface area contributed by atoms with Crippen molar-refractivity contribution in [3.05, 3.63) is 95.3 Å². The van der Waals surface area contributed by atoms with E-state index >= 15 is 0 Å². The number of anilines is 2. The van der Waals surface area contributed by atoms with Crippen LogP contribution in [0.1, 0.15) is 34.3 Å². The number of amides is 3. The average Bonchev–Trinajstić information content (AvgIpc) is 3.38. The maximum Gasteiger partial charge on any atom is 0.319 e. The quantitative estimate of drug-likeness (QED) is 0.494. The van der Waals surface area contributed by atoms with E-state index < -0.39 is 0 Å². The summed E-state index contributed by atoms with van der Waals surface area (Å²) in [4.78, 5) is 27.6. The molecule has 0 spiro atoms. The first-order chi connectivity index (χ1) is 16.1. The van der Waals surface area contributed by atoms with Crippen molar-refractivity contribution >= 4 is 23.3 Å². The number of hydrogen-bond donors (Lipinski definition) is 3. The topological polar surface area (TPSA) is 73.5 Å². The zero-order valence-electron chi connectivity index (χ0n) is 18.3. The van der Waals surface area contributed by atoms with Crippen LogP contribution >= 0.6 is 0 Å². The summed E-state index contributed by atoms with van der Waals surface area (Å²) in [6.07, 6.45) is 2.16. The molecule has 3 aromatic rings. The predicted octanol–water partition coefficient (Wildman–Crippen LogP) is 4.68. The first-order valence-electron chi connectivity index (χ1n) is 11.1. The van der Waals surface area contributed by atoms with Gasteiger partial charge in [0.2, 0.25) is 0 Å². The van der Waals surface area contributed by atoms with Gasteiger partial charge in [0.1, 0.15) is 5.82 Å². The first-order valence-corrected chi connectivity index (χ1v) is 11.1. The van der Waals surface area contributed by atoms with Crippen molar-refractivity contribution < 1.29 is 14.0 Å². The minimum absolute atomic E-state index is 0.241. The Balaban J connectivity index is 1.45. The molecular weight excluding hydrogens is 419 g/mol. The smallest absolute Gasteiger partial charge is 0.319 e. The molecular formula is C26H27FN4O2. The lowest BCUT2D eigenvalue weighted by atomic mass is 10.1. The monoisotopic (exact) mass is 446 g/mol. The van der Waals surface area contributed by atoms with Gasteiger partial charge in [0.25, 0.3) is 5.91 Å². The number of hydrogen-bond acceptors (Lipinski definition) is 3. The number of benzene rings is 3. The number of halogens is 1. The molecule has 3 N–H and O–H groups in total. The van der Waals surface area contributed by atoms with Crippen LogP contribution in [0.25, 0.3) is 0 Å². The number of nitrogens with zero attached hydrogens (tertiary/aromatic N) is 1. The molecule has 0 saturated carbocycles. The largest absolute Gasteiger partial charge is 0.371 e. The van der Waals surface area contributed by atoms with Crippen LogP contribution in [0.4, 0.5) is 20.6 Å². The average molecular weight is 447 g/mol. The van der Waals surface area contributed by atoms with E-state index in [0.717, 1.165) is 42.7 Å². The lowest BCUT2D eigenvalue weighted by molar-refractivity contribution is 0.0951. The summed E-state index contributed by atoms with van der Waals surface area (Å²) in [7, 11) is 0. The van der Waals surface area contributed by atoms with E-state index in [4.69, 9.17) is 0 Å². The Labute approximate surface area is 192 Å². The minimum Gasteiger partial charge on any atom is -0.371 e. The highest BCUT2D eigenvalue weighted by Gasteiger charge is 2.20. The molecule has 3 amide bonds. The van der Waals surface area contributed by atoms with Gasteiger partial charge in [-0.25, -0.2) is 9.18 Å². The number of urea groups is 1. The number of carbonyl (C=O) groups excluding carboxylic acids is 2. The maximum atomic E-state index is 13.1. The molecule has 1 heterocycles. The van der Waals surface area contributed by atoms with Gasteiger partial charge in [-0.15, -0.1) is 0 Å². The second-order valence-electron chi connectivity index (χ2n) is 8.03. The Morgan fingerprint density at radius 3 is 2.21 bits per heavy atom. The summed E-state index contributed by atoms with van der Waals surface area (Å²) in [5.74, 6) is -0.555. The van der Waals surface area contributed by atoms with Crippen LogP contribution in [0.15, 0.2) is 72.8 Å². The number of rotatable bonds is 7. The van der Waals surface area contributed by atoms with Crippen LogP contribution in [0.3, 0.4) is 0 Å². The molecule has 0 unspecified atom stereocenters. The molecule has 170 valence electrons. The van der Waals surface area contributed by atoms with E-state index in [9.17, 15) is 14.0 Å². The van der Waals surface area contributed by atoms with E-state index in [1.165, 1.54) is 12.1 Å². The van der Waals surface area contributed by atoms with Gasteiger partial charge in [-0.2, -0.15) is 0 Å². The second-order valence-corrected chi connectivity index (χ2v) is 8.03. The Morgan fingerprint density at radius 1 is 0.818 bits per heavy atom. The Hall–Kier alpha value is -3.87. The van der Waals surface area contributed by atoms with Crippen molar-refractivity contribution in [2.24, 2.45) is 0 Å². The SMILES string of the molecule is O=C(NCc1ccccc1)Nc1ccc(N2CCCC2)c(C(=O)NCc2ccc(F)cc2)c1. The van der Waals surface area contributed by atoms with Gasteiger partial charge in [0.15, 0.2) is 0 Å². The number of carbonyl (C=O) groups is 2. The normalized spacial score (nSPS) is 12.9. The van der Waals surface area contributed by atoms with Crippen LogP contribution in [-0.2, 0) is 13.1 Å². The zero-order valence-corrected chi connectivity index (χ0v) is 18.3. The third-order valence-electron chi connectivity index (χ3n) is 5.61. The molecule has 0 atom stereocenters. The molecule has 3 aromatic carbocycles. The fourth-order valence-electron chi connectivity index (χ4n) is 3.86. The molecule has 1 aliphatic rings. The van der Waals surface area contributed by atoms with Gasteiger partial charge in [0.05, 0.1) is 5.56 Å². The van der Waals surface area contributed by atoms with Crippen molar-refractivity contribution in [1.29, 1.82) is 0 Å². The van der Waals surface area contributed by atoms with E-state index in [1.54, 1.807) is 18.2 Å². The van der Waals surface area contributed by atoms with Gasteiger partial charge in [-0.1, -0.05) is 42.5 Å². The molecule has 6 nitrogen and oxygen atoms in total. The third kappa shape index (κ3) is 6.10. The van der Waals surface area contributed by atoms with Crippen LogP contribution in [0, 0.1) is 5.82 Å². The van der Waals surface area contributed by atoms with Crippen LogP contribution in [0.2, 0.25) is 0 Å². The molecule has 1 fully saturated rings. The van der Waals surface area contributed by atoms with Crippen molar-refractivity contribution in [3.8, 4) is 0 Å². The molecule has 0 aromatic heterocycles. The summed E-state index contributed by atoms with van der Waals surface area (Å²) in [6.45, 7) is 2.47. The summed E-state index contributed by atoms with van der Waals surface area (Å²) in [5, 5.41) is 8.55. The molecule has 1 saturated heterocycles. The Bertz CT molecular complexity index is 1100. The highest BCUT2D eigenvalue weighted by Crippen LogP contribution is 2.27. The molecule has 0 radical (unpaired) electrons. The maximum absolute atomic E-state index is 13.1. The van der Waals surface area contributed by atoms with Crippen LogP contribution in [-0.4, -0.2) is 25.0 Å². The highest BCUT2D eigenvalue weighted by molar-refractivity contribution is 6.02. The summed E-state index contributed by atoms with van der Waals surface area (Å²) in [5.41, 5.74) is 3.69. The summed E-state index contributed by atoms with van der Waals surface area (Å²) >= 11 is 0. The van der Waals surface area contributed by atoms with Gasteiger partial charge < -0.3 is 20.9 Å². The second kappa shape index (κ2) is 10.6. The summed E-state index contributed by atoms with van der Waals surface area (Å²) < 4.78 is 13.1. The van der Waals surface area contributed by atoms with E-state index in [-0.39, 0.29) is 24.3 Å². The van der Waals surface area contributed by atoms with Crippen molar-refractivity contribution in [2.75, 3.05) is 23.3 Å². The molecule has 33 heavy (non-hydrogen) atoms. The van der Waals surface area contributed by atoms with E-state index in [1.807, 2.05) is 42.5 Å². The lowest BCUT2D eigenvalue weighted by Crippen LogP contribution is -2.29. The van der Waals surface area contributed by atoms with Gasteiger partial charge in [-0.3, -0.25) is 4.79 Å².